The Balaban J connectivity index is 1.83. The molecule has 0 unspecified atom stereocenters. The van der Waals surface area contributed by atoms with Gasteiger partial charge in [0.05, 0.1) is 12.1 Å². The molecule has 0 radical (unpaired) electrons. The number of carbonyl (C=O) groups excluding carboxylic acids is 1. The van der Waals surface area contributed by atoms with Gasteiger partial charge in [-0.15, -0.1) is 0 Å². The van der Waals surface area contributed by atoms with Crippen LogP contribution in [0, 0.1) is 20.8 Å². The van der Waals surface area contributed by atoms with E-state index in [-0.39, 0.29) is 18.0 Å². The molecule has 4 rings (SSSR count). The number of nitrogens with one attached hydrogen (secondary N) is 1. The Bertz CT molecular complexity index is 1290. The first kappa shape index (κ1) is 19.6. The van der Waals surface area contributed by atoms with E-state index in [1.165, 1.54) is 0 Å². The fraction of sp³-hybridized carbons (Fsp3) is 0.160. The molecule has 0 spiro atoms. The van der Waals surface area contributed by atoms with Gasteiger partial charge < -0.3 is 9.88 Å². The van der Waals surface area contributed by atoms with E-state index in [2.05, 4.69) is 9.97 Å². The average molecular weight is 397 g/mol. The number of carbonyl (C=O) groups is 1. The van der Waals surface area contributed by atoms with E-state index in [9.17, 15) is 9.59 Å². The Morgan fingerprint density at radius 3 is 2.63 bits per heavy atom. The lowest BCUT2D eigenvalue weighted by Gasteiger charge is -2.25. The Morgan fingerprint density at radius 1 is 1.03 bits per heavy atom. The quantitative estimate of drug-likeness (QED) is 0.543. The van der Waals surface area contributed by atoms with Crippen LogP contribution in [0.25, 0.3) is 10.9 Å². The number of benzene rings is 2. The zero-order chi connectivity index (χ0) is 21.3. The first-order valence-corrected chi connectivity index (χ1v) is 9.85. The molecule has 5 nitrogen and oxygen atoms in total. The number of hydrogen-bond donors (Lipinski definition) is 1. The topological polar surface area (TPSA) is 66.1 Å². The second kappa shape index (κ2) is 7.95. The molecule has 1 amide bonds. The van der Waals surface area contributed by atoms with Gasteiger partial charge in [0.15, 0.2) is 0 Å². The van der Waals surface area contributed by atoms with Crippen LogP contribution >= 0.6 is 0 Å². The predicted octanol–water partition coefficient (Wildman–Crippen LogP) is 4.70. The monoisotopic (exact) mass is 397 g/mol. The second-order valence-corrected chi connectivity index (χ2v) is 7.57. The van der Waals surface area contributed by atoms with Crippen molar-refractivity contribution in [2.75, 3.05) is 4.90 Å². The molecule has 0 atom stereocenters. The lowest BCUT2D eigenvalue weighted by molar-refractivity contribution is 0.0984. The molecule has 0 bridgehead atoms. The van der Waals surface area contributed by atoms with Crippen LogP contribution in [-0.4, -0.2) is 15.9 Å². The van der Waals surface area contributed by atoms with Crippen molar-refractivity contribution in [3.8, 4) is 0 Å². The van der Waals surface area contributed by atoms with Gasteiger partial charge in [0.25, 0.3) is 11.5 Å². The minimum atomic E-state index is -0.194. The van der Waals surface area contributed by atoms with E-state index in [4.69, 9.17) is 0 Å². The van der Waals surface area contributed by atoms with Gasteiger partial charge in [-0.05, 0) is 73.7 Å². The number of H-pyrrole nitrogens is 1. The van der Waals surface area contributed by atoms with E-state index in [0.717, 1.165) is 33.3 Å². The van der Waals surface area contributed by atoms with E-state index >= 15 is 0 Å². The Labute approximate surface area is 175 Å². The molecule has 2 aromatic carbocycles. The number of hydrogen-bond acceptors (Lipinski definition) is 3. The first-order valence-electron chi connectivity index (χ1n) is 9.85. The molecule has 5 heteroatoms. The third-order valence-electron chi connectivity index (χ3n) is 5.43. The Kier molecular flexibility index (Phi) is 5.19. The lowest BCUT2D eigenvalue weighted by atomic mass is 10.0. The number of aromatic amines is 1. The summed E-state index contributed by atoms with van der Waals surface area (Å²) in [5.41, 5.74) is 5.58. The molecule has 0 aliphatic heterocycles. The van der Waals surface area contributed by atoms with Gasteiger partial charge in [-0.3, -0.25) is 14.6 Å². The number of pyridine rings is 2. The molecule has 0 saturated heterocycles. The van der Waals surface area contributed by atoms with E-state index in [1.54, 1.807) is 29.4 Å². The highest BCUT2D eigenvalue weighted by molar-refractivity contribution is 6.06. The summed E-state index contributed by atoms with van der Waals surface area (Å²) >= 11 is 0. The molecule has 0 fully saturated rings. The molecular weight excluding hydrogens is 374 g/mol. The molecule has 2 heterocycles. The normalized spacial score (nSPS) is 10.9. The smallest absolute Gasteiger partial charge is 0.260 e. The minimum absolute atomic E-state index is 0.164. The van der Waals surface area contributed by atoms with Gasteiger partial charge in [0, 0.05) is 29.2 Å². The fourth-order valence-corrected chi connectivity index (χ4v) is 3.60. The maximum absolute atomic E-state index is 13.4. The summed E-state index contributed by atoms with van der Waals surface area (Å²) in [6.45, 7) is 6.18. The van der Waals surface area contributed by atoms with Gasteiger partial charge >= 0.3 is 0 Å². The van der Waals surface area contributed by atoms with Crippen LogP contribution in [0.1, 0.15) is 32.6 Å². The van der Waals surface area contributed by atoms with Crippen molar-refractivity contribution in [3.63, 3.8) is 0 Å². The van der Waals surface area contributed by atoms with Crippen molar-refractivity contribution < 1.29 is 4.79 Å². The Morgan fingerprint density at radius 2 is 1.87 bits per heavy atom. The molecule has 0 saturated carbocycles. The average Bonchev–Trinajstić information content (AvgIpc) is 2.75. The number of aromatic nitrogens is 2. The summed E-state index contributed by atoms with van der Waals surface area (Å²) in [5, 5.41) is 0.944. The van der Waals surface area contributed by atoms with Crippen LogP contribution < -0.4 is 10.5 Å². The molecule has 30 heavy (non-hydrogen) atoms. The van der Waals surface area contributed by atoms with Crippen LogP contribution in [0.3, 0.4) is 0 Å². The van der Waals surface area contributed by atoms with Crippen molar-refractivity contribution in [1.82, 2.24) is 9.97 Å². The maximum Gasteiger partial charge on any atom is 0.260 e. The third-order valence-corrected chi connectivity index (χ3v) is 5.43. The molecule has 1 N–H and O–H groups in total. The summed E-state index contributed by atoms with van der Waals surface area (Å²) in [6, 6.07) is 17.1. The Hall–Kier alpha value is -3.73. The molecule has 0 aliphatic carbocycles. The number of aryl methyl sites for hydroxylation is 2. The summed E-state index contributed by atoms with van der Waals surface area (Å²) in [7, 11) is 0. The zero-order valence-corrected chi connectivity index (χ0v) is 17.3. The summed E-state index contributed by atoms with van der Waals surface area (Å²) < 4.78 is 0. The molecule has 150 valence electrons. The van der Waals surface area contributed by atoms with E-state index < -0.39 is 0 Å². The van der Waals surface area contributed by atoms with Crippen LogP contribution in [0.5, 0.6) is 0 Å². The number of amides is 1. The van der Waals surface area contributed by atoms with Crippen LogP contribution in [0.2, 0.25) is 0 Å². The van der Waals surface area contributed by atoms with Crippen molar-refractivity contribution in [2.45, 2.75) is 27.3 Å². The van der Waals surface area contributed by atoms with Crippen LogP contribution in [0.4, 0.5) is 5.69 Å². The summed E-state index contributed by atoms with van der Waals surface area (Å²) in [5.74, 6) is -0.194. The van der Waals surface area contributed by atoms with E-state index in [1.807, 2.05) is 63.2 Å². The van der Waals surface area contributed by atoms with Crippen molar-refractivity contribution >= 4 is 22.5 Å². The van der Waals surface area contributed by atoms with Gasteiger partial charge in [0.2, 0.25) is 0 Å². The van der Waals surface area contributed by atoms with Gasteiger partial charge in [0.1, 0.15) is 0 Å². The highest BCUT2D eigenvalue weighted by atomic mass is 16.2. The van der Waals surface area contributed by atoms with Gasteiger partial charge in [-0.2, -0.15) is 0 Å². The van der Waals surface area contributed by atoms with Crippen molar-refractivity contribution in [3.05, 3.63) is 105 Å². The number of rotatable bonds is 4. The SMILES string of the molecule is Cc1ccc2[nH]c(=O)c(CN(C(=O)c3cccnc3)c3cccc(C)c3C)cc2c1. The molecular formula is C25H23N3O2. The van der Waals surface area contributed by atoms with Gasteiger partial charge in [-0.1, -0.05) is 23.8 Å². The van der Waals surface area contributed by atoms with Gasteiger partial charge in [-0.25, -0.2) is 0 Å². The van der Waals surface area contributed by atoms with Crippen LogP contribution in [0.15, 0.2) is 71.8 Å². The highest BCUT2D eigenvalue weighted by Crippen LogP contribution is 2.26. The fourth-order valence-electron chi connectivity index (χ4n) is 3.60. The number of fused-ring (bicyclic) bond motifs is 1. The van der Waals surface area contributed by atoms with Crippen molar-refractivity contribution in [2.24, 2.45) is 0 Å². The zero-order valence-electron chi connectivity index (χ0n) is 17.3. The third kappa shape index (κ3) is 3.74. The lowest BCUT2D eigenvalue weighted by Crippen LogP contribution is -2.33. The summed E-state index contributed by atoms with van der Waals surface area (Å²) in [4.78, 5) is 34.9. The number of nitrogens with zero attached hydrogens (tertiary/aromatic N) is 2. The standard InChI is InChI=1S/C25H23N3O2/c1-16-9-10-22-20(12-16)13-21(24(29)27-22)15-28(23-8-4-6-17(2)18(23)3)25(30)19-7-5-11-26-14-19/h4-14H,15H2,1-3H3,(H,27,29). The minimum Gasteiger partial charge on any atom is -0.322 e. The summed E-state index contributed by atoms with van der Waals surface area (Å²) in [6.07, 6.45) is 3.18. The van der Waals surface area contributed by atoms with E-state index in [0.29, 0.717) is 11.1 Å². The second-order valence-electron chi connectivity index (χ2n) is 7.57. The molecule has 4 aromatic rings. The number of anilines is 1. The highest BCUT2D eigenvalue weighted by Gasteiger charge is 2.22. The maximum atomic E-state index is 13.4. The predicted molar refractivity (Wildman–Crippen MR) is 120 cm³/mol. The van der Waals surface area contributed by atoms with Crippen molar-refractivity contribution in [1.29, 1.82) is 0 Å². The molecule has 2 aromatic heterocycles. The first-order chi connectivity index (χ1) is 14.4. The largest absolute Gasteiger partial charge is 0.322 e. The van der Waals surface area contributed by atoms with Crippen LogP contribution in [-0.2, 0) is 6.54 Å². The molecule has 0 aliphatic rings.